The van der Waals surface area contributed by atoms with Gasteiger partial charge in [0.05, 0.1) is 24.0 Å². The smallest absolute Gasteiger partial charge is 0.334 e. The Morgan fingerprint density at radius 2 is 2.04 bits per heavy atom. The summed E-state index contributed by atoms with van der Waals surface area (Å²) in [5.74, 6) is -1.77. The molecule has 1 aromatic rings. The van der Waals surface area contributed by atoms with E-state index in [1.165, 1.54) is 16.7 Å². The lowest BCUT2D eigenvalue weighted by molar-refractivity contribution is -0.160. The molecule has 1 heterocycles. The van der Waals surface area contributed by atoms with E-state index in [4.69, 9.17) is 15.6 Å². The van der Waals surface area contributed by atoms with Crippen molar-refractivity contribution in [2.75, 3.05) is 18.8 Å². The van der Waals surface area contributed by atoms with Gasteiger partial charge in [0.2, 0.25) is 5.91 Å². The molecule has 1 aromatic carbocycles. The van der Waals surface area contributed by atoms with Gasteiger partial charge in [-0.2, -0.15) is 0 Å². The molecule has 2 rings (SSSR count). The van der Waals surface area contributed by atoms with Crippen molar-refractivity contribution in [2.24, 2.45) is 5.73 Å². The highest BCUT2D eigenvalue weighted by Gasteiger charge is 2.33. The van der Waals surface area contributed by atoms with Crippen LogP contribution in [0.1, 0.15) is 17.3 Å². The molecule has 3 N–H and O–H groups in total. The zero-order chi connectivity index (χ0) is 17.0. The summed E-state index contributed by atoms with van der Waals surface area (Å²) in [5.41, 5.74) is 5.57. The average Bonchev–Trinajstić information content (AvgIpc) is 2.51. The summed E-state index contributed by atoms with van der Waals surface area (Å²) in [7, 11) is 0. The average molecular weight is 338 g/mol. The predicted molar refractivity (Wildman–Crippen MR) is 84.2 cm³/mol. The molecule has 1 unspecified atom stereocenters. The van der Waals surface area contributed by atoms with E-state index in [9.17, 15) is 14.4 Å². The monoisotopic (exact) mass is 338 g/mol. The number of aliphatic carboxylic acids is 1. The minimum Gasteiger partial charge on any atom is -0.479 e. The van der Waals surface area contributed by atoms with E-state index in [0.717, 1.165) is 0 Å². The van der Waals surface area contributed by atoms with Gasteiger partial charge in [0, 0.05) is 11.4 Å². The molecule has 1 aliphatic rings. The Bertz CT molecular complexity index is 622. The van der Waals surface area contributed by atoms with Crippen LogP contribution in [0.2, 0.25) is 0 Å². The van der Waals surface area contributed by atoms with Crippen molar-refractivity contribution in [3.63, 3.8) is 0 Å². The molecule has 2 amide bonds. The Morgan fingerprint density at radius 1 is 1.35 bits per heavy atom. The minimum absolute atomic E-state index is 0.00662. The Morgan fingerprint density at radius 3 is 2.70 bits per heavy atom. The molecule has 0 saturated carbocycles. The van der Waals surface area contributed by atoms with Gasteiger partial charge in [-0.15, -0.1) is 11.8 Å². The second-order valence-corrected chi connectivity index (χ2v) is 6.25. The van der Waals surface area contributed by atoms with Crippen molar-refractivity contribution in [1.29, 1.82) is 0 Å². The first-order chi connectivity index (χ1) is 10.9. The number of rotatable bonds is 5. The number of primary amides is 1. The van der Waals surface area contributed by atoms with E-state index >= 15 is 0 Å². The van der Waals surface area contributed by atoms with Crippen LogP contribution in [0, 0.1) is 0 Å². The zero-order valence-electron chi connectivity index (χ0n) is 12.6. The summed E-state index contributed by atoms with van der Waals surface area (Å²) < 4.78 is 5.31. The van der Waals surface area contributed by atoms with Gasteiger partial charge in [-0.3, -0.25) is 9.59 Å². The number of carboxylic acids is 1. The number of amides is 2. The molecule has 0 aromatic heterocycles. The van der Waals surface area contributed by atoms with Crippen molar-refractivity contribution >= 4 is 29.5 Å². The lowest BCUT2D eigenvalue weighted by atomic mass is 10.1. The first-order valence-corrected chi connectivity index (χ1v) is 8.04. The third kappa shape index (κ3) is 4.46. The first kappa shape index (κ1) is 17.3. The number of carbonyl (C=O) groups excluding carboxylic acids is 2. The van der Waals surface area contributed by atoms with Crippen LogP contribution in [-0.2, 0) is 14.3 Å². The van der Waals surface area contributed by atoms with Crippen LogP contribution in [0.15, 0.2) is 29.2 Å². The van der Waals surface area contributed by atoms with Crippen LogP contribution in [-0.4, -0.2) is 58.8 Å². The Hall–Kier alpha value is -2.06. The standard InChI is InChI=1S/C15H18N2O5S/c1-9-6-17(7-11(22-9)15(20)21)14(19)10-4-2-3-5-12(10)23-8-13(16)18/h2-5,9,11H,6-8H2,1H3,(H2,16,18)(H,20,21)/t9-,11?/m1/s1. The van der Waals surface area contributed by atoms with E-state index in [1.54, 1.807) is 31.2 Å². The van der Waals surface area contributed by atoms with Gasteiger partial charge >= 0.3 is 5.97 Å². The molecular formula is C15H18N2O5S. The Balaban J connectivity index is 2.19. The molecule has 8 heteroatoms. The number of nitrogens with zero attached hydrogens (tertiary/aromatic N) is 1. The van der Waals surface area contributed by atoms with Gasteiger partial charge in [-0.1, -0.05) is 12.1 Å². The molecule has 7 nitrogen and oxygen atoms in total. The minimum atomic E-state index is -1.09. The normalized spacial score (nSPS) is 21.0. The fraction of sp³-hybridized carbons (Fsp3) is 0.400. The molecule has 1 aliphatic heterocycles. The van der Waals surface area contributed by atoms with E-state index in [-0.39, 0.29) is 24.3 Å². The number of nitrogens with two attached hydrogens (primary N) is 1. The highest BCUT2D eigenvalue weighted by molar-refractivity contribution is 8.00. The maximum atomic E-state index is 12.7. The molecule has 1 fully saturated rings. The van der Waals surface area contributed by atoms with Gasteiger partial charge < -0.3 is 20.5 Å². The van der Waals surface area contributed by atoms with Gasteiger partial charge in [0.25, 0.3) is 5.91 Å². The van der Waals surface area contributed by atoms with Crippen molar-refractivity contribution in [1.82, 2.24) is 4.90 Å². The molecular weight excluding hydrogens is 320 g/mol. The van der Waals surface area contributed by atoms with Crippen LogP contribution in [0.5, 0.6) is 0 Å². The van der Waals surface area contributed by atoms with Gasteiger partial charge in [-0.25, -0.2) is 4.79 Å². The van der Waals surface area contributed by atoms with Crippen molar-refractivity contribution in [3.8, 4) is 0 Å². The van der Waals surface area contributed by atoms with Crippen LogP contribution < -0.4 is 5.73 Å². The van der Waals surface area contributed by atoms with Crippen molar-refractivity contribution in [3.05, 3.63) is 29.8 Å². The summed E-state index contributed by atoms with van der Waals surface area (Å²) >= 11 is 1.19. The molecule has 124 valence electrons. The van der Waals surface area contributed by atoms with Gasteiger partial charge in [-0.05, 0) is 19.1 Å². The highest BCUT2D eigenvalue weighted by Crippen LogP contribution is 2.25. The molecule has 1 saturated heterocycles. The second-order valence-electron chi connectivity index (χ2n) is 5.23. The summed E-state index contributed by atoms with van der Waals surface area (Å²) in [6.07, 6.45) is -1.40. The summed E-state index contributed by atoms with van der Waals surface area (Å²) in [6.45, 7) is 2.04. The summed E-state index contributed by atoms with van der Waals surface area (Å²) in [4.78, 5) is 36.9. The third-order valence-electron chi connectivity index (χ3n) is 3.31. The number of carboxylic acid groups (broad SMARTS) is 1. The maximum absolute atomic E-state index is 12.7. The van der Waals surface area contributed by atoms with E-state index in [0.29, 0.717) is 17.0 Å². The number of ether oxygens (including phenoxy) is 1. The second kappa shape index (κ2) is 7.47. The highest BCUT2D eigenvalue weighted by atomic mass is 32.2. The Kier molecular flexibility index (Phi) is 5.62. The molecule has 0 radical (unpaired) electrons. The molecule has 0 spiro atoms. The summed E-state index contributed by atoms with van der Waals surface area (Å²) in [6, 6.07) is 6.88. The Labute approximate surface area is 137 Å². The number of hydrogen-bond acceptors (Lipinski definition) is 5. The lowest BCUT2D eigenvalue weighted by Gasteiger charge is -2.35. The number of thioether (sulfide) groups is 1. The third-order valence-corrected chi connectivity index (χ3v) is 4.41. The van der Waals surface area contributed by atoms with Crippen LogP contribution in [0.25, 0.3) is 0 Å². The number of morpholine rings is 1. The van der Waals surface area contributed by atoms with Gasteiger partial charge in [0.15, 0.2) is 6.10 Å². The largest absolute Gasteiger partial charge is 0.479 e. The quantitative estimate of drug-likeness (QED) is 0.760. The van der Waals surface area contributed by atoms with E-state index in [1.807, 2.05) is 0 Å². The molecule has 0 aliphatic carbocycles. The van der Waals surface area contributed by atoms with E-state index < -0.39 is 18.0 Å². The van der Waals surface area contributed by atoms with E-state index in [2.05, 4.69) is 0 Å². The molecule has 2 atom stereocenters. The molecule has 0 bridgehead atoms. The topological polar surface area (TPSA) is 110 Å². The number of carbonyl (C=O) groups is 3. The lowest BCUT2D eigenvalue weighted by Crippen LogP contribution is -2.51. The van der Waals surface area contributed by atoms with Crippen molar-refractivity contribution in [2.45, 2.75) is 24.0 Å². The molecule has 23 heavy (non-hydrogen) atoms. The van der Waals surface area contributed by atoms with Crippen LogP contribution >= 0.6 is 11.8 Å². The SMILES string of the molecule is C[C@@H]1CN(C(=O)c2ccccc2SCC(N)=O)CC(C(=O)O)O1. The van der Waals surface area contributed by atoms with Crippen LogP contribution in [0.3, 0.4) is 0 Å². The van der Waals surface area contributed by atoms with Crippen LogP contribution in [0.4, 0.5) is 0 Å². The first-order valence-electron chi connectivity index (χ1n) is 7.06. The van der Waals surface area contributed by atoms with Crippen molar-refractivity contribution < 1.29 is 24.2 Å². The summed E-state index contributed by atoms with van der Waals surface area (Å²) in [5, 5.41) is 9.11. The van der Waals surface area contributed by atoms with Gasteiger partial charge in [0.1, 0.15) is 0 Å². The fourth-order valence-corrected chi connectivity index (χ4v) is 3.13. The number of hydrogen-bond donors (Lipinski definition) is 2. The fourth-order valence-electron chi connectivity index (χ4n) is 2.34. The predicted octanol–water partition coefficient (Wildman–Crippen LogP) is 0.578. The number of benzene rings is 1. The zero-order valence-corrected chi connectivity index (χ0v) is 13.4. The maximum Gasteiger partial charge on any atom is 0.334 e.